The summed E-state index contributed by atoms with van der Waals surface area (Å²) in [5, 5.41) is 0.592. The average molecular weight is 304 g/mol. The average Bonchev–Trinajstić information content (AvgIpc) is 2.32. The second kappa shape index (κ2) is 7.08. The van der Waals surface area contributed by atoms with Crippen LogP contribution in [-0.2, 0) is 0 Å². The third kappa shape index (κ3) is 4.34. The predicted octanol–water partition coefficient (Wildman–Crippen LogP) is 2.80. The van der Waals surface area contributed by atoms with Gasteiger partial charge in [-0.2, -0.15) is 0 Å². The quantitative estimate of drug-likeness (QED) is 0.785. The lowest BCUT2D eigenvalue weighted by atomic mass is 10.2. The molecule has 0 aromatic carbocycles. The van der Waals surface area contributed by atoms with E-state index in [-0.39, 0.29) is 17.1 Å². The van der Waals surface area contributed by atoms with E-state index in [0.717, 1.165) is 6.54 Å². The van der Waals surface area contributed by atoms with Crippen LogP contribution in [0.4, 0.5) is 0 Å². The van der Waals surface area contributed by atoms with Gasteiger partial charge in [0.2, 0.25) is 0 Å². The molecule has 0 saturated carbocycles. The summed E-state index contributed by atoms with van der Waals surface area (Å²) in [6.45, 7) is 5.36. The molecule has 6 heteroatoms. The number of hydrogen-bond donors (Lipinski definition) is 0. The van der Waals surface area contributed by atoms with Gasteiger partial charge in [0, 0.05) is 25.3 Å². The van der Waals surface area contributed by atoms with Crippen molar-refractivity contribution in [3.8, 4) is 0 Å². The summed E-state index contributed by atoms with van der Waals surface area (Å²) < 4.78 is 0. The van der Waals surface area contributed by atoms with Crippen LogP contribution in [0.5, 0.6) is 0 Å². The molecule has 1 amide bonds. The minimum atomic E-state index is -0.119. The van der Waals surface area contributed by atoms with Gasteiger partial charge in [0.25, 0.3) is 5.91 Å². The molecule has 19 heavy (non-hydrogen) atoms. The Labute approximate surface area is 124 Å². The standard InChI is InChI=1S/C13H19Cl2N3O/c1-5-18(9(2)8-17(3)4)13(19)10-6-12(15)16-7-11(10)14/h6-7,9H,5,8H2,1-4H3. The molecule has 1 aromatic rings. The highest BCUT2D eigenvalue weighted by atomic mass is 35.5. The summed E-state index contributed by atoms with van der Waals surface area (Å²) in [6.07, 6.45) is 1.40. The maximum Gasteiger partial charge on any atom is 0.255 e. The zero-order valence-electron chi connectivity index (χ0n) is 11.7. The number of rotatable bonds is 5. The van der Waals surface area contributed by atoms with Crippen LogP contribution in [0.3, 0.4) is 0 Å². The van der Waals surface area contributed by atoms with Crippen LogP contribution in [0.15, 0.2) is 12.3 Å². The predicted molar refractivity (Wildman–Crippen MR) is 79.0 cm³/mol. The van der Waals surface area contributed by atoms with Gasteiger partial charge in [0.05, 0.1) is 10.6 Å². The Morgan fingerprint density at radius 1 is 1.42 bits per heavy atom. The molecule has 0 bridgehead atoms. The van der Waals surface area contributed by atoms with Crippen LogP contribution in [0, 0.1) is 0 Å². The van der Waals surface area contributed by atoms with Gasteiger partial charge in [-0.1, -0.05) is 23.2 Å². The molecule has 1 atom stereocenters. The zero-order valence-corrected chi connectivity index (χ0v) is 13.2. The molecule has 0 aliphatic heterocycles. The van der Waals surface area contributed by atoms with Crippen molar-refractivity contribution in [3.05, 3.63) is 28.0 Å². The molecule has 0 N–H and O–H groups in total. The van der Waals surface area contributed by atoms with Crippen LogP contribution in [0.2, 0.25) is 10.2 Å². The molecule has 4 nitrogen and oxygen atoms in total. The third-order valence-electron chi connectivity index (χ3n) is 2.82. The van der Waals surface area contributed by atoms with Crippen molar-refractivity contribution in [2.24, 2.45) is 0 Å². The molecule has 1 unspecified atom stereocenters. The fourth-order valence-corrected chi connectivity index (χ4v) is 2.36. The zero-order chi connectivity index (χ0) is 14.6. The SMILES string of the molecule is CCN(C(=O)c1cc(Cl)ncc1Cl)C(C)CN(C)C. The number of halogens is 2. The lowest BCUT2D eigenvalue weighted by Crippen LogP contribution is -2.43. The summed E-state index contributed by atoms with van der Waals surface area (Å²) in [7, 11) is 3.95. The summed E-state index contributed by atoms with van der Waals surface area (Å²) in [6, 6.07) is 1.60. The monoisotopic (exact) mass is 303 g/mol. The summed E-state index contributed by atoms with van der Waals surface area (Å²) >= 11 is 11.8. The van der Waals surface area contributed by atoms with Crippen LogP contribution < -0.4 is 0 Å². The lowest BCUT2D eigenvalue weighted by molar-refractivity contribution is 0.0679. The number of likely N-dealkylation sites (N-methyl/N-ethyl adjacent to an activating group) is 2. The van der Waals surface area contributed by atoms with Gasteiger partial charge >= 0.3 is 0 Å². The Morgan fingerprint density at radius 3 is 2.58 bits per heavy atom. The minimum absolute atomic E-state index is 0.0931. The maximum atomic E-state index is 12.5. The fourth-order valence-electron chi connectivity index (χ4n) is 2.01. The number of nitrogens with zero attached hydrogens (tertiary/aromatic N) is 3. The number of carbonyl (C=O) groups is 1. The highest BCUT2D eigenvalue weighted by Gasteiger charge is 2.22. The molecule has 1 rings (SSSR count). The first kappa shape index (κ1) is 16.2. The molecule has 0 aliphatic rings. The van der Waals surface area contributed by atoms with E-state index < -0.39 is 0 Å². The van der Waals surface area contributed by atoms with Crippen molar-refractivity contribution in [1.29, 1.82) is 0 Å². The van der Waals surface area contributed by atoms with Crippen LogP contribution >= 0.6 is 23.2 Å². The second-order valence-corrected chi connectivity index (χ2v) is 5.48. The number of carbonyl (C=O) groups excluding carboxylic acids is 1. The van der Waals surface area contributed by atoms with Crippen LogP contribution in [0.25, 0.3) is 0 Å². The normalized spacial score (nSPS) is 12.6. The van der Waals surface area contributed by atoms with Gasteiger partial charge in [0.1, 0.15) is 5.15 Å². The first-order valence-electron chi connectivity index (χ1n) is 6.13. The molecule has 0 fully saturated rings. The van der Waals surface area contributed by atoms with Gasteiger partial charge in [-0.3, -0.25) is 4.79 Å². The van der Waals surface area contributed by atoms with E-state index in [1.165, 1.54) is 12.3 Å². The fraction of sp³-hybridized carbons (Fsp3) is 0.538. The summed E-state index contributed by atoms with van der Waals surface area (Å²) in [5.74, 6) is -0.119. The van der Waals surface area contributed by atoms with Gasteiger partial charge in [-0.05, 0) is 34.0 Å². The van der Waals surface area contributed by atoms with E-state index >= 15 is 0 Å². The topological polar surface area (TPSA) is 36.4 Å². The minimum Gasteiger partial charge on any atom is -0.335 e. The van der Waals surface area contributed by atoms with Crippen molar-refractivity contribution in [1.82, 2.24) is 14.8 Å². The van der Waals surface area contributed by atoms with Crippen molar-refractivity contribution < 1.29 is 4.79 Å². The Balaban J connectivity index is 2.98. The lowest BCUT2D eigenvalue weighted by Gasteiger charge is -2.30. The first-order chi connectivity index (χ1) is 8.86. The third-order valence-corrected chi connectivity index (χ3v) is 3.32. The molecular formula is C13H19Cl2N3O. The van der Waals surface area contributed by atoms with Gasteiger partial charge in [-0.15, -0.1) is 0 Å². The van der Waals surface area contributed by atoms with E-state index in [1.54, 1.807) is 4.90 Å². The Morgan fingerprint density at radius 2 is 2.05 bits per heavy atom. The van der Waals surface area contributed by atoms with E-state index in [2.05, 4.69) is 4.98 Å². The molecule has 0 aliphatic carbocycles. The highest BCUT2D eigenvalue weighted by molar-refractivity contribution is 6.35. The molecule has 1 aromatic heterocycles. The molecular weight excluding hydrogens is 285 g/mol. The molecule has 0 spiro atoms. The molecule has 1 heterocycles. The largest absolute Gasteiger partial charge is 0.335 e. The van der Waals surface area contributed by atoms with Crippen molar-refractivity contribution in [2.45, 2.75) is 19.9 Å². The van der Waals surface area contributed by atoms with Crippen molar-refractivity contribution in [3.63, 3.8) is 0 Å². The van der Waals surface area contributed by atoms with Gasteiger partial charge in [0.15, 0.2) is 0 Å². The molecule has 0 saturated heterocycles. The van der Waals surface area contributed by atoms with Crippen molar-refractivity contribution in [2.75, 3.05) is 27.2 Å². The Kier molecular flexibility index (Phi) is 6.04. The first-order valence-corrected chi connectivity index (χ1v) is 6.89. The van der Waals surface area contributed by atoms with E-state index in [1.807, 2.05) is 32.8 Å². The smallest absolute Gasteiger partial charge is 0.255 e. The molecule has 0 radical (unpaired) electrons. The number of amides is 1. The summed E-state index contributed by atoms with van der Waals surface area (Å²) in [4.78, 5) is 20.2. The number of pyridine rings is 1. The number of aromatic nitrogens is 1. The van der Waals surface area contributed by atoms with Gasteiger partial charge < -0.3 is 9.80 Å². The number of hydrogen-bond acceptors (Lipinski definition) is 3. The maximum absolute atomic E-state index is 12.5. The summed E-state index contributed by atoms with van der Waals surface area (Å²) in [5.41, 5.74) is 0.397. The van der Waals surface area contributed by atoms with Crippen LogP contribution in [0.1, 0.15) is 24.2 Å². The van der Waals surface area contributed by atoms with E-state index in [4.69, 9.17) is 23.2 Å². The second-order valence-electron chi connectivity index (χ2n) is 4.69. The van der Waals surface area contributed by atoms with Gasteiger partial charge in [-0.25, -0.2) is 4.98 Å². The Hall–Kier alpha value is -0.840. The van der Waals surface area contributed by atoms with Crippen LogP contribution in [-0.4, -0.2) is 53.9 Å². The van der Waals surface area contributed by atoms with Crippen molar-refractivity contribution >= 4 is 29.1 Å². The van der Waals surface area contributed by atoms with E-state index in [0.29, 0.717) is 17.1 Å². The Bertz CT molecular complexity index is 452. The van der Waals surface area contributed by atoms with E-state index in [9.17, 15) is 4.79 Å². The molecule has 106 valence electrons. The highest BCUT2D eigenvalue weighted by Crippen LogP contribution is 2.20.